The molecule has 4 heteroatoms. The van der Waals surface area contributed by atoms with Crippen molar-refractivity contribution < 1.29 is 9.47 Å². The van der Waals surface area contributed by atoms with Crippen LogP contribution in [0.2, 0.25) is 0 Å². The number of thioether (sulfide) groups is 1. The van der Waals surface area contributed by atoms with Crippen LogP contribution in [0.15, 0.2) is 24.3 Å². The summed E-state index contributed by atoms with van der Waals surface area (Å²) < 4.78 is 10.8. The highest BCUT2D eigenvalue weighted by Crippen LogP contribution is 2.25. The number of hydrogen-bond donors (Lipinski definition) is 1. The molecular formula is C13H21NO2S. The first-order chi connectivity index (χ1) is 8.38. The van der Waals surface area contributed by atoms with E-state index in [0.29, 0.717) is 6.61 Å². The molecule has 0 aliphatic rings. The zero-order valence-electron chi connectivity index (χ0n) is 10.6. The summed E-state index contributed by atoms with van der Waals surface area (Å²) in [5, 5.41) is 3.35. The van der Waals surface area contributed by atoms with Gasteiger partial charge < -0.3 is 14.8 Å². The van der Waals surface area contributed by atoms with Gasteiger partial charge >= 0.3 is 0 Å². The lowest BCUT2D eigenvalue weighted by atomic mass is 10.3. The monoisotopic (exact) mass is 255 g/mol. The van der Waals surface area contributed by atoms with Crippen molar-refractivity contribution in [2.24, 2.45) is 0 Å². The van der Waals surface area contributed by atoms with Crippen LogP contribution >= 0.6 is 11.8 Å². The Balaban J connectivity index is 2.13. The van der Waals surface area contributed by atoms with E-state index in [1.807, 2.05) is 36.0 Å². The van der Waals surface area contributed by atoms with Crippen LogP contribution in [0.25, 0.3) is 0 Å². The third-order valence-electron chi connectivity index (χ3n) is 2.31. The second kappa shape index (κ2) is 9.19. The summed E-state index contributed by atoms with van der Waals surface area (Å²) in [6.45, 7) is 2.59. The molecule has 0 unspecified atom stereocenters. The Kier molecular flexibility index (Phi) is 7.67. The van der Waals surface area contributed by atoms with Gasteiger partial charge in [0.25, 0.3) is 0 Å². The molecule has 1 rings (SSSR count). The topological polar surface area (TPSA) is 30.5 Å². The van der Waals surface area contributed by atoms with Crippen LogP contribution in [0, 0.1) is 0 Å². The van der Waals surface area contributed by atoms with Crippen LogP contribution in [-0.2, 0) is 0 Å². The van der Waals surface area contributed by atoms with Gasteiger partial charge in [-0.15, -0.1) is 0 Å². The SMILES string of the molecule is COc1ccccc1OCCNCCCSC. The minimum atomic E-state index is 0.666. The lowest BCUT2D eigenvalue weighted by Crippen LogP contribution is -2.22. The Labute approximate surface area is 108 Å². The van der Waals surface area contributed by atoms with Crippen molar-refractivity contribution in [2.75, 3.05) is 38.8 Å². The summed E-state index contributed by atoms with van der Waals surface area (Å²) >= 11 is 1.88. The molecule has 0 saturated heterocycles. The van der Waals surface area contributed by atoms with Crippen LogP contribution in [0.3, 0.4) is 0 Å². The maximum atomic E-state index is 5.64. The third kappa shape index (κ3) is 5.84. The smallest absolute Gasteiger partial charge is 0.161 e. The highest BCUT2D eigenvalue weighted by Gasteiger charge is 2.01. The number of hydrogen-bond acceptors (Lipinski definition) is 4. The Morgan fingerprint density at radius 2 is 1.94 bits per heavy atom. The largest absolute Gasteiger partial charge is 0.493 e. The second-order valence-corrected chi connectivity index (χ2v) is 4.58. The quantitative estimate of drug-likeness (QED) is 0.687. The molecule has 1 aromatic rings. The fraction of sp³-hybridized carbons (Fsp3) is 0.538. The van der Waals surface area contributed by atoms with Crippen LogP contribution in [0.4, 0.5) is 0 Å². The molecule has 96 valence electrons. The van der Waals surface area contributed by atoms with Crippen molar-refractivity contribution in [2.45, 2.75) is 6.42 Å². The summed E-state index contributed by atoms with van der Waals surface area (Å²) in [6, 6.07) is 7.71. The molecule has 0 aliphatic carbocycles. The average Bonchev–Trinajstić information content (AvgIpc) is 2.38. The van der Waals surface area contributed by atoms with Crippen molar-refractivity contribution in [3.63, 3.8) is 0 Å². The van der Waals surface area contributed by atoms with Crippen LogP contribution in [-0.4, -0.2) is 38.8 Å². The first-order valence-corrected chi connectivity index (χ1v) is 7.23. The maximum Gasteiger partial charge on any atom is 0.161 e. The van der Waals surface area contributed by atoms with Gasteiger partial charge in [0.1, 0.15) is 6.61 Å². The Morgan fingerprint density at radius 3 is 2.65 bits per heavy atom. The molecule has 0 aromatic heterocycles. The van der Waals surface area contributed by atoms with Gasteiger partial charge in [-0.1, -0.05) is 12.1 Å². The second-order valence-electron chi connectivity index (χ2n) is 3.60. The molecule has 0 amide bonds. The highest BCUT2D eigenvalue weighted by atomic mass is 32.2. The molecule has 0 spiro atoms. The van der Waals surface area contributed by atoms with Gasteiger partial charge in [0.05, 0.1) is 7.11 Å². The number of para-hydroxylation sites is 2. The Hall–Kier alpha value is -0.870. The molecule has 0 saturated carbocycles. The first-order valence-electron chi connectivity index (χ1n) is 5.84. The normalized spacial score (nSPS) is 10.2. The van der Waals surface area contributed by atoms with E-state index in [0.717, 1.165) is 24.6 Å². The number of benzene rings is 1. The molecule has 0 radical (unpaired) electrons. The molecule has 1 N–H and O–H groups in total. The molecular weight excluding hydrogens is 234 g/mol. The summed E-state index contributed by atoms with van der Waals surface area (Å²) in [5.41, 5.74) is 0. The molecule has 17 heavy (non-hydrogen) atoms. The van der Waals surface area contributed by atoms with Crippen LogP contribution in [0.5, 0.6) is 11.5 Å². The van der Waals surface area contributed by atoms with Crippen molar-refractivity contribution in [1.29, 1.82) is 0 Å². The maximum absolute atomic E-state index is 5.64. The van der Waals surface area contributed by atoms with E-state index in [9.17, 15) is 0 Å². The number of rotatable bonds is 9. The lowest BCUT2D eigenvalue weighted by Gasteiger charge is -2.10. The summed E-state index contributed by atoms with van der Waals surface area (Å²) in [7, 11) is 1.66. The van der Waals surface area contributed by atoms with Gasteiger partial charge in [-0.25, -0.2) is 0 Å². The molecule has 0 atom stereocenters. The molecule has 1 aromatic carbocycles. The average molecular weight is 255 g/mol. The zero-order chi connectivity index (χ0) is 12.3. The zero-order valence-corrected chi connectivity index (χ0v) is 11.4. The van der Waals surface area contributed by atoms with Gasteiger partial charge in [-0.3, -0.25) is 0 Å². The van der Waals surface area contributed by atoms with Crippen LogP contribution < -0.4 is 14.8 Å². The minimum absolute atomic E-state index is 0.666. The fourth-order valence-corrected chi connectivity index (χ4v) is 1.87. The van der Waals surface area contributed by atoms with Gasteiger partial charge in [-0.2, -0.15) is 11.8 Å². The van der Waals surface area contributed by atoms with Crippen molar-refractivity contribution >= 4 is 11.8 Å². The van der Waals surface area contributed by atoms with E-state index in [1.54, 1.807) is 7.11 Å². The predicted octanol–water partition coefficient (Wildman–Crippen LogP) is 2.42. The van der Waals surface area contributed by atoms with E-state index in [-0.39, 0.29) is 0 Å². The van der Waals surface area contributed by atoms with Crippen LogP contribution in [0.1, 0.15) is 6.42 Å². The van der Waals surface area contributed by atoms with Gasteiger partial charge in [0.2, 0.25) is 0 Å². The minimum Gasteiger partial charge on any atom is -0.493 e. The number of nitrogens with one attached hydrogen (secondary N) is 1. The van der Waals surface area contributed by atoms with E-state index in [1.165, 1.54) is 12.2 Å². The van der Waals surface area contributed by atoms with Crippen molar-refractivity contribution in [1.82, 2.24) is 5.32 Å². The first kappa shape index (κ1) is 14.2. The van der Waals surface area contributed by atoms with Crippen molar-refractivity contribution in [3.8, 4) is 11.5 Å². The molecule has 3 nitrogen and oxygen atoms in total. The lowest BCUT2D eigenvalue weighted by molar-refractivity contribution is 0.292. The van der Waals surface area contributed by atoms with E-state index in [4.69, 9.17) is 9.47 Å². The molecule has 0 aliphatic heterocycles. The van der Waals surface area contributed by atoms with Crippen molar-refractivity contribution in [3.05, 3.63) is 24.3 Å². The number of ether oxygens (including phenoxy) is 2. The van der Waals surface area contributed by atoms with Gasteiger partial charge in [0, 0.05) is 6.54 Å². The summed E-state index contributed by atoms with van der Waals surface area (Å²) in [4.78, 5) is 0. The van der Waals surface area contributed by atoms with E-state index >= 15 is 0 Å². The molecule has 0 heterocycles. The predicted molar refractivity (Wildman–Crippen MR) is 74.4 cm³/mol. The van der Waals surface area contributed by atoms with Gasteiger partial charge in [0.15, 0.2) is 11.5 Å². The Bertz CT molecular complexity index is 307. The standard InChI is InChI=1S/C13H21NO2S/c1-15-12-6-3-4-7-13(12)16-10-9-14-8-5-11-17-2/h3-4,6-7,14H,5,8-11H2,1-2H3. The summed E-state index contributed by atoms with van der Waals surface area (Å²) in [5.74, 6) is 2.80. The number of methoxy groups -OCH3 is 1. The highest BCUT2D eigenvalue weighted by molar-refractivity contribution is 7.98. The fourth-order valence-electron chi connectivity index (χ4n) is 1.44. The molecule has 0 fully saturated rings. The Morgan fingerprint density at radius 1 is 1.18 bits per heavy atom. The van der Waals surface area contributed by atoms with E-state index in [2.05, 4.69) is 11.6 Å². The van der Waals surface area contributed by atoms with Gasteiger partial charge in [-0.05, 0) is 37.1 Å². The molecule has 0 bridgehead atoms. The summed E-state index contributed by atoms with van der Waals surface area (Å²) in [6.07, 6.45) is 3.33. The third-order valence-corrected chi connectivity index (χ3v) is 3.00. The van der Waals surface area contributed by atoms with E-state index < -0.39 is 0 Å².